The van der Waals surface area contributed by atoms with Crippen molar-refractivity contribution >= 4 is 11.9 Å². The van der Waals surface area contributed by atoms with E-state index in [-0.39, 0.29) is 11.1 Å². The Balaban J connectivity index is 0.000000423. The van der Waals surface area contributed by atoms with Crippen LogP contribution in [0.4, 0.5) is 19.1 Å². The Morgan fingerprint density at radius 2 is 1.81 bits per heavy atom. The maximum Gasteiger partial charge on any atom is 0.490 e. The van der Waals surface area contributed by atoms with Gasteiger partial charge < -0.3 is 15.7 Å². The molecule has 0 aromatic carbocycles. The summed E-state index contributed by atoms with van der Waals surface area (Å²) in [6.45, 7) is 11.0. The fourth-order valence-electron chi connectivity index (χ4n) is 4.04. The summed E-state index contributed by atoms with van der Waals surface area (Å²) in [7, 11) is 1.93. The van der Waals surface area contributed by atoms with E-state index in [0.29, 0.717) is 12.0 Å². The molecule has 3 N–H and O–H groups in total. The van der Waals surface area contributed by atoms with E-state index in [1.165, 1.54) is 0 Å². The minimum atomic E-state index is -5.08. The minimum Gasteiger partial charge on any atom is -0.475 e. The zero-order valence-corrected chi connectivity index (χ0v) is 18.5. The van der Waals surface area contributed by atoms with Crippen LogP contribution in [0.5, 0.6) is 0 Å². The number of aromatic nitrogens is 4. The molecule has 0 amide bonds. The molecule has 172 valence electrons. The summed E-state index contributed by atoms with van der Waals surface area (Å²) < 4.78 is 33.6. The third-order valence-corrected chi connectivity index (χ3v) is 4.71. The fourth-order valence-corrected chi connectivity index (χ4v) is 4.04. The van der Waals surface area contributed by atoms with Crippen molar-refractivity contribution in [1.82, 2.24) is 25.1 Å². The molecule has 1 saturated heterocycles. The van der Waals surface area contributed by atoms with Gasteiger partial charge in [-0.05, 0) is 53.5 Å². The number of nitrogens with zero attached hydrogens (tertiary/aromatic N) is 4. The number of halogens is 3. The number of nitrogens with one attached hydrogen (secondary N) is 2. The zero-order valence-electron chi connectivity index (χ0n) is 18.5. The van der Waals surface area contributed by atoms with Gasteiger partial charge in [-0.25, -0.2) is 14.8 Å². The Bertz CT molecular complexity index is 908. The second-order valence-electron chi connectivity index (χ2n) is 9.01. The van der Waals surface area contributed by atoms with Gasteiger partial charge in [0.05, 0.1) is 11.4 Å². The number of carboxylic acid groups (broad SMARTS) is 1. The van der Waals surface area contributed by atoms with Crippen LogP contribution in [0.1, 0.15) is 46.2 Å². The van der Waals surface area contributed by atoms with Gasteiger partial charge in [0.25, 0.3) is 0 Å². The molecule has 11 heteroatoms. The summed E-state index contributed by atoms with van der Waals surface area (Å²) in [6.07, 6.45) is 0.804. The summed E-state index contributed by atoms with van der Waals surface area (Å²) in [4.78, 5) is 18.0. The van der Waals surface area contributed by atoms with Crippen LogP contribution in [-0.2, 0) is 11.8 Å². The van der Waals surface area contributed by atoms with E-state index in [9.17, 15) is 13.2 Å². The van der Waals surface area contributed by atoms with Gasteiger partial charge in [0, 0.05) is 42.1 Å². The number of rotatable bonds is 3. The molecule has 1 aliphatic rings. The molecule has 2 aromatic heterocycles. The Hall–Kier alpha value is -2.69. The predicted molar refractivity (Wildman–Crippen MR) is 111 cm³/mol. The van der Waals surface area contributed by atoms with E-state index < -0.39 is 12.1 Å². The van der Waals surface area contributed by atoms with Crippen LogP contribution in [0.3, 0.4) is 0 Å². The highest BCUT2D eigenvalue weighted by molar-refractivity contribution is 5.73. The SMILES string of the molecule is Cc1nn(C)cc1-c1ccnc(NC2CC(C)(C)NC(C)(C)C2)n1.O=C(O)C(F)(F)F. The third-order valence-electron chi connectivity index (χ3n) is 4.71. The normalized spacial score (nSPS) is 18.1. The molecule has 0 radical (unpaired) electrons. The van der Waals surface area contributed by atoms with Gasteiger partial charge in [-0.2, -0.15) is 18.3 Å². The Labute approximate surface area is 179 Å². The number of piperidine rings is 1. The fraction of sp³-hybridized carbons (Fsp3) is 0.600. The monoisotopic (exact) mass is 442 g/mol. The molecule has 0 bridgehead atoms. The van der Waals surface area contributed by atoms with Gasteiger partial charge in [0.15, 0.2) is 0 Å². The molecule has 3 rings (SSSR count). The first-order valence-electron chi connectivity index (χ1n) is 9.78. The molecule has 0 unspecified atom stereocenters. The van der Waals surface area contributed by atoms with Gasteiger partial charge in [0.2, 0.25) is 5.95 Å². The van der Waals surface area contributed by atoms with Gasteiger partial charge in [-0.15, -0.1) is 0 Å². The van der Waals surface area contributed by atoms with E-state index in [4.69, 9.17) is 14.9 Å². The molecule has 8 nitrogen and oxygen atoms in total. The molecule has 1 fully saturated rings. The first-order chi connectivity index (χ1) is 14.1. The standard InChI is InChI=1S/C18H28N6.C2HF3O2/c1-12-14(11-24(6)22-12)15-7-8-19-16(21-15)20-13-9-17(2,3)23-18(4,5)10-13;3-2(4,5)1(6)7/h7-8,11,13,23H,9-10H2,1-6H3,(H,19,20,21);(H,6,7). The molecule has 2 aromatic rings. The number of aliphatic carboxylic acids is 1. The summed E-state index contributed by atoms with van der Waals surface area (Å²) in [5.74, 6) is -2.07. The average Bonchev–Trinajstić information content (AvgIpc) is 2.90. The summed E-state index contributed by atoms with van der Waals surface area (Å²) in [5.41, 5.74) is 3.12. The number of aryl methyl sites for hydroxylation is 2. The maximum absolute atomic E-state index is 10.6. The van der Waals surface area contributed by atoms with Crippen molar-refractivity contribution in [3.63, 3.8) is 0 Å². The predicted octanol–water partition coefficient (Wildman–Crippen LogP) is 3.54. The van der Waals surface area contributed by atoms with E-state index in [2.05, 4.69) is 48.4 Å². The highest BCUT2D eigenvalue weighted by Gasteiger charge is 2.38. The number of carbonyl (C=O) groups is 1. The molecule has 0 spiro atoms. The summed E-state index contributed by atoms with van der Waals surface area (Å²) in [6, 6.07) is 2.28. The van der Waals surface area contributed by atoms with Crippen molar-refractivity contribution in [1.29, 1.82) is 0 Å². The second-order valence-corrected chi connectivity index (χ2v) is 9.01. The molecule has 3 heterocycles. The average molecular weight is 442 g/mol. The first-order valence-corrected chi connectivity index (χ1v) is 9.78. The number of hydrogen-bond donors (Lipinski definition) is 3. The van der Waals surface area contributed by atoms with Crippen LogP contribution in [0.15, 0.2) is 18.5 Å². The van der Waals surface area contributed by atoms with E-state index in [1.54, 1.807) is 0 Å². The zero-order chi connectivity index (χ0) is 23.6. The van der Waals surface area contributed by atoms with E-state index in [0.717, 1.165) is 29.8 Å². The minimum absolute atomic E-state index is 0.0942. The maximum atomic E-state index is 10.6. The molecule has 1 aliphatic heterocycles. The van der Waals surface area contributed by atoms with Crippen molar-refractivity contribution in [2.75, 3.05) is 5.32 Å². The quantitative estimate of drug-likeness (QED) is 0.668. The lowest BCUT2D eigenvalue weighted by Gasteiger charge is -2.46. The number of hydrogen-bond acceptors (Lipinski definition) is 6. The van der Waals surface area contributed by atoms with Crippen LogP contribution >= 0.6 is 0 Å². The number of anilines is 1. The lowest BCUT2D eigenvalue weighted by atomic mass is 9.80. The lowest BCUT2D eigenvalue weighted by molar-refractivity contribution is -0.192. The summed E-state index contributed by atoms with van der Waals surface area (Å²) >= 11 is 0. The molecule has 31 heavy (non-hydrogen) atoms. The smallest absolute Gasteiger partial charge is 0.475 e. The molecule has 0 aliphatic carbocycles. The van der Waals surface area contributed by atoms with Crippen molar-refractivity contribution in [2.24, 2.45) is 7.05 Å². The lowest BCUT2D eigenvalue weighted by Crippen LogP contribution is -2.60. The van der Waals surface area contributed by atoms with E-state index >= 15 is 0 Å². The largest absolute Gasteiger partial charge is 0.490 e. The van der Waals surface area contributed by atoms with Gasteiger partial charge >= 0.3 is 12.1 Å². The molecule has 0 atom stereocenters. The van der Waals surface area contributed by atoms with Gasteiger partial charge in [0.1, 0.15) is 0 Å². The van der Waals surface area contributed by atoms with E-state index in [1.807, 2.05) is 37.1 Å². The Morgan fingerprint density at radius 3 is 2.26 bits per heavy atom. The Kier molecular flexibility index (Phi) is 6.99. The summed E-state index contributed by atoms with van der Waals surface area (Å²) in [5, 5.41) is 18.8. The van der Waals surface area contributed by atoms with Crippen molar-refractivity contribution in [2.45, 2.75) is 70.8 Å². The van der Waals surface area contributed by atoms with Crippen LogP contribution in [0.25, 0.3) is 11.3 Å². The Morgan fingerprint density at radius 1 is 1.26 bits per heavy atom. The number of carboxylic acids is 1. The molecular weight excluding hydrogens is 413 g/mol. The molecule has 0 saturated carbocycles. The van der Waals surface area contributed by atoms with Crippen LogP contribution in [0, 0.1) is 6.92 Å². The second kappa shape index (κ2) is 8.81. The van der Waals surface area contributed by atoms with Crippen molar-refractivity contribution in [3.05, 3.63) is 24.2 Å². The molecular formula is C20H29F3N6O2. The third kappa shape index (κ3) is 7.20. The van der Waals surface area contributed by atoms with Crippen LogP contribution in [-0.4, -0.2) is 54.1 Å². The highest BCUT2D eigenvalue weighted by atomic mass is 19.4. The number of alkyl halides is 3. The first kappa shape index (κ1) is 24.6. The van der Waals surface area contributed by atoms with Gasteiger partial charge in [-0.1, -0.05) is 0 Å². The van der Waals surface area contributed by atoms with Gasteiger partial charge in [-0.3, -0.25) is 4.68 Å². The van der Waals surface area contributed by atoms with Crippen LogP contribution in [0.2, 0.25) is 0 Å². The topological polar surface area (TPSA) is 105 Å². The van der Waals surface area contributed by atoms with Crippen LogP contribution < -0.4 is 10.6 Å². The van der Waals surface area contributed by atoms with Crippen molar-refractivity contribution < 1.29 is 23.1 Å². The van der Waals surface area contributed by atoms with Crippen molar-refractivity contribution in [3.8, 4) is 11.3 Å². The highest BCUT2D eigenvalue weighted by Crippen LogP contribution is 2.30.